The van der Waals surface area contributed by atoms with Gasteiger partial charge in [-0.3, -0.25) is 4.90 Å². The SMILES string of the molecule is N#CCC(c1ccccc1)N(CC1CC1)C1CC1. The average molecular weight is 240 g/mol. The molecule has 2 fully saturated rings. The van der Waals surface area contributed by atoms with Crippen LogP contribution >= 0.6 is 0 Å². The van der Waals surface area contributed by atoms with Crippen LogP contribution < -0.4 is 0 Å². The zero-order chi connectivity index (χ0) is 12.4. The highest BCUT2D eigenvalue weighted by Gasteiger charge is 2.37. The molecule has 18 heavy (non-hydrogen) atoms. The molecule has 0 amide bonds. The van der Waals surface area contributed by atoms with E-state index in [0.29, 0.717) is 12.5 Å². The maximum atomic E-state index is 9.12. The van der Waals surface area contributed by atoms with E-state index in [1.54, 1.807) is 0 Å². The molecule has 0 heterocycles. The van der Waals surface area contributed by atoms with Crippen LogP contribution in [0.25, 0.3) is 0 Å². The Morgan fingerprint density at radius 3 is 2.44 bits per heavy atom. The van der Waals surface area contributed by atoms with Crippen LogP contribution in [0, 0.1) is 17.2 Å². The van der Waals surface area contributed by atoms with Gasteiger partial charge in [0.1, 0.15) is 0 Å². The summed E-state index contributed by atoms with van der Waals surface area (Å²) >= 11 is 0. The average Bonchev–Trinajstić information content (AvgIpc) is 3.28. The van der Waals surface area contributed by atoms with Gasteiger partial charge in [-0.2, -0.15) is 5.26 Å². The first-order valence-electron chi connectivity index (χ1n) is 7.06. The van der Waals surface area contributed by atoms with Crippen molar-refractivity contribution < 1.29 is 0 Å². The lowest BCUT2D eigenvalue weighted by atomic mass is 10.0. The van der Waals surface area contributed by atoms with Crippen molar-refractivity contribution in [2.75, 3.05) is 6.54 Å². The van der Waals surface area contributed by atoms with E-state index in [4.69, 9.17) is 5.26 Å². The Bertz CT molecular complexity index is 426. The highest BCUT2D eigenvalue weighted by atomic mass is 15.2. The third kappa shape index (κ3) is 2.73. The molecule has 2 aliphatic carbocycles. The lowest BCUT2D eigenvalue weighted by Gasteiger charge is -2.31. The molecule has 0 spiro atoms. The zero-order valence-corrected chi connectivity index (χ0v) is 10.8. The molecule has 2 nitrogen and oxygen atoms in total. The second-order valence-electron chi connectivity index (χ2n) is 5.66. The topological polar surface area (TPSA) is 27.0 Å². The minimum atomic E-state index is 0.310. The molecular formula is C16H20N2. The summed E-state index contributed by atoms with van der Waals surface area (Å²) < 4.78 is 0. The van der Waals surface area contributed by atoms with E-state index >= 15 is 0 Å². The third-order valence-corrected chi connectivity index (χ3v) is 4.05. The summed E-state index contributed by atoms with van der Waals surface area (Å²) in [6.07, 6.45) is 6.03. The van der Waals surface area contributed by atoms with E-state index in [9.17, 15) is 0 Å². The largest absolute Gasteiger partial charge is 0.292 e. The molecule has 1 aromatic carbocycles. The number of nitrogens with zero attached hydrogens (tertiary/aromatic N) is 2. The summed E-state index contributed by atoms with van der Waals surface area (Å²) in [5.41, 5.74) is 1.31. The highest BCUT2D eigenvalue weighted by molar-refractivity contribution is 5.21. The van der Waals surface area contributed by atoms with Gasteiger partial charge >= 0.3 is 0 Å². The van der Waals surface area contributed by atoms with Crippen LogP contribution in [-0.4, -0.2) is 17.5 Å². The molecule has 0 aliphatic heterocycles. The molecule has 94 valence electrons. The molecule has 3 rings (SSSR count). The fourth-order valence-electron chi connectivity index (χ4n) is 2.72. The van der Waals surface area contributed by atoms with Gasteiger partial charge in [0.25, 0.3) is 0 Å². The Morgan fingerprint density at radius 2 is 1.89 bits per heavy atom. The standard InChI is InChI=1S/C16H20N2/c17-11-10-16(14-4-2-1-3-5-14)18(15-8-9-15)12-13-6-7-13/h1-5,13,15-16H,6-10,12H2. The van der Waals surface area contributed by atoms with Crippen LogP contribution in [0.1, 0.15) is 43.7 Å². The Balaban J connectivity index is 1.79. The molecular weight excluding hydrogens is 220 g/mol. The Labute approximate surface area is 109 Å². The van der Waals surface area contributed by atoms with Gasteiger partial charge < -0.3 is 0 Å². The molecule has 0 aromatic heterocycles. The Hall–Kier alpha value is -1.33. The normalized spacial score (nSPS) is 20.7. The molecule has 1 atom stereocenters. The summed E-state index contributed by atoms with van der Waals surface area (Å²) in [4.78, 5) is 2.61. The van der Waals surface area contributed by atoms with Crippen LogP contribution in [-0.2, 0) is 0 Å². The fourth-order valence-corrected chi connectivity index (χ4v) is 2.72. The van der Waals surface area contributed by atoms with Crippen molar-refractivity contribution in [3.63, 3.8) is 0 Å². The molecule has 1 unspecified atom stereocenters. The van der Waals surface area contributed by atoms with Crippen molar-refractivity contribution in [2.24, 2.45) is 5.92 Å². The van der Waals surface area contributed by atoms with Crippen LogP contribution in [0.15, 0.2) is 30.3 Å². The van der Waals surface area contributed by atoms with E-state index in [1.165, 1.54) is 37.8 Å². The van der Waals surface area contributed by atoms with Crippen molar-refractivity contribution >= 4 is 0 Å². The minimum absolute atomic E-state index is 0.310. The van der Waals surface area contributed by atoms with E-state index in [2.05, 4.69) is 41.3 Å². The van der Waals surface area contributed by atoms with Gasteiger partial charge in [0, 0.05) is 18.6 Å². The number of hydrogen-bond acceptors (Lipinski definition) is 2. The number of rotatable bonds is 6. The smallest absolute Gasteiger partial charge is 0.0641 e. The van der Waals surface area contributed by atoms with Gasteiger partial charge in [-0.15, -0.1) is 0 Å². The molecule has 0 saturated heterocycles. The Kier molecular flexibility index (Phi) is 3.34. The first-order chi connectivity index (χ1) is 8.88. The fraction of sp³-hybridized carbons (Fsp3) is 0.562. The Morgan fingerprint density at radius 1 is 1.17 bits per heavy atom. The lowest BCUT2D eigenvalue weighted by molar-refractivity contribution is 0.180. The van der Waals surface area contributed by atoms with Gasteiger partial charge in [-0.1, -0.05) is 30.3 Å². The molecule has 0 radical (unpaired) electrons. The summed E-state index contributed by atoms with van der Waals surface area (Å²) in [5.74, 6) is 0.899. The van der Waals surface area contributed by atoms with Crippen molar-refractivity contribution in [1.29, 1.82) is 5.26 Å². The molecule has 1 aromatic rings. The van der Waals surface area contributed by atoms with Gasteiger partial charge in [-0.05, 0) is 37.2 Å². The minimum Gasteiger partial charge on any atom is -0.292 e. The van der Waals surface area contributed by atoms with Crippen LogP contribution in [0.4, 0.5) is 0 Å². The van der Waals surface area contributed by atoms with E-state index in [-0.39, 0.29) is 0 Å². The summed E-state index contributed by atoms with van der Waals surface area (Å²) in [6, 6.07) is 14.0. The second kappa shape index (κ2) is 5.12. The van der Waals surface area contributed by atoms with Crippen LogP contribution in [0.5, 0.6) is 0 Å². The number of nitriles is 1. The van der Waals surface area contributed by atoms with Crippen molar-refractivity contribution in [3.05, 3.63) is 35.9 Å². The molecule has 2 heteroatoms. The predicted molar refractivity (Wildman–Crippen MR) is 71.9 cm³/mol. The highest BCUT2D eigenvalue weighted by Crippen LogP contribution is 2.40. The van der Waals surface area contributed by atoms with Crippen LogP contribution in [0.2, 0.25) is 0 Å². The molecule has 2 aliphatic rings. The zero-order valence-electron chi connectivity index (χ0n) is 10.8. The van der Waals surface area contributed by atoms with E-state index in [0.717, 1.165) is 12.0 Å². The predicted octanol–water partition coefficient (Wildman–Crippen LogP) is 3.52. The third-order valence-electron chi connectivity index (χ3n) is 4.05. The van der Waals surface area contributed by atoms with Gasteiger partial charge in [0.2, 0.25) is 0 Å². The van der Waals surface area contributed by atoms with Crippen molar-refractivity contribution in [2.45, 2.75) is 44.2 Å². The molecule has 0 bridgehead atoms. The monoisotopic (exact) mass is 240 g/mol. The van der Waals surface area contributed by atoms with E-state index in [1.807, 2.05) is 0 Å². The molecule has 2 saturated carbocycles. The van der Waals surface area contributed by atoms with Gasteiger partial charge in [-0.25, -0.2) is 0 Å². The maximum Gasteiger partial charge on any atom is 0.0641 e. The van der Waals surface area contributed by atoms with Gasteiger partial charge in [0.05, 0.1) is 12.5 Å². The summed E-state index contributed by atoms with van der Waals surface area (Å²) in [5, 5.41) is 9.12. The number of benzene rings is 1. The van der Waals surface area contributed by atoms with E-state index < -0.39 is 0 Å². The van der Waals surface area contributed by atoms with Crippen LogP contribution in [0.3, 0.4) is 0 Å². The number of hydrogen-bond donors (Lipinski definition) is 0. The first kappa shape index (κ1) is 11.7. The lowest BCUT2D eigenvalue weighted by Crippen LogP contribution is -2.32. The maximum absolute atomic E-state index is 9.12. The van der Waals surface area contributed by atoms with Crippen molar-refractivity contribution in [1.82, 2.24) is 4.90 Å². The van der Waals surface area contributed by atoms with Gasteiger partial charge in [0.15, 0.2) is 0 Å². The quantitative estimate of drug-likeness (QED) is 0.760. The summed E-state index contributed by atoms with van der Waals surface area (Å²) in [7, 11) is 0. The molecule has 0 N–H and O–H groups in total. The second-order valence-corrected chi connectivity index (χ2v) is 5.66. The summed E-state index contributed by atoms with van der Waals surface area (Å²) in [6.45, 7) is 1.20. The first-order valence-corrected chi connectivity index (χ1v) is 7.06. The van der Waals surface area contributed by atoms with Crippen molar-refractivity contribution in [3.8, 4) is 6.07 Å².